The average molecular weight is 235 g/mol. The van der Waals surface area contributed by atoms with E-state index in [1.807, 2.05) is 6.07 Å². The Labute approximate surface area is 98.6 Å². The Balaban J connectivity index is 2.21. The number of hydrogen-bond acceptors (Lipinski definition) is 4. The molecule has 0 bridgehead atoms. The summed E-state index contributed by atoms with van der Waals surface area (Å²) in [6, 6.07) is 1.34. The lowest BCUT2D eigenvalue weighted by Gasteiger charge is -2.41. The fraction of sp³-hybridized carbons (Fsp3) is 0.636. The third kappa shape index (κ3) is 1.68. The predicted molar refractivity (Wildman–Crippen MR) is 56.2 cm³/mol. The van der Waals surface area contributed by atoms with Crippen molar-refractivity contribution >= 4 is 17.7 Å². The lowest BCUT2D eigenvalue weighted by Crippen LogP contribution is -2.62. The summed E-state index contributed by atoms with van der Waals surface area (Å²) in [5.74, 6) is -1.36. The van der Waals surface area contributed by atoms with Gasteiger partial charge < -0.3 is 4.90 Å². The van der Waals surface area contributed by atoms with Crippen LogP contribution in [-0.2, 0) is 14.4 Å². The number of nitrogens with one attached hydrogen (secondary N) is 1. The summed E-state index contributed by atoms with van der Waals surface area (Å²) in [4.78, 5) is 36.1. The van der Waals surface area contributed by atoms with E-state index in [9.17, 15) is 14.4 Å². The molecule has 3 amide bonds. The highest BCUT2D eigenvalue weighted by molar-refractivity contribution is 6.05. The summed E-state index contributed by atoms with van der Waals surface area (Å²) in [6.07, 6.45) is 1.87. The monoisotopic (exact) mass is 235 g/mol. The molecule has 6 nitrogen and oxygen atoms in total. The molecule has 1 N–H and O–H groups in total. The normalized spacial score (nSPS) is 26.8. The molecule has 1 saturated heterocycles. The van der Waals surface area contributed by atoms with Gasteiger partial charge in [0.1, 0.15) is 18.0 Å². The van der Waals surface area contributed by atoms with Crippen LogP contribution in [0, 0.1) is 16.7 Å². The molecule has 1 unspecified atom stereocenters. The van der Waals surface area contributed by atoms with E-state index in [0.29, 0.717) is 12.8 Å². The largest absolute Gasteiger partial charge is 0.320 e. The van der Waals surface area contributed by atoms with Crippen LogP contribution in [0.2, 0.25) is 0 Å². The summed E-state index contributed by atoms with van der Waals surface area (Å²) in [5.41, 5.74) is -1.01. The Morgan fingerprint density at radius 1 is 1.53 bits per heavy atom. The second kappa shape index (κ2) is 3.84. The molecule has 1 saturated carbocycles. The van der Waals surface area contributed by atoms with Crippen LogP contribution >= 0.6 is 0 Å². The minimum Gasteiger partial charge on any atom is -0.320 e. The van der Waals surface area contributed by atoms with Crippen LogP contribution in [-0.4, -0.2) is 35.2 Å². The summed E-state index contributed by atoms with van der Waals surface area (Å²) in [6.45, 7) is 1.42. The van der Waals surface area contributed by atoms with Gasteiger partial charge in [0, 0.05) is 0 Å². The molecular formula is C11H13N3O3. The molecule has 1 heterocycles. The van der Waals surface area contributed by atoms with Crippen LogP contribution in [0.25, 0.3) is 0 Å². The van der Waals surface area contributed by atoms with Crippen molar-refractivity contribution in [2.45, 2.75) is 32.2 Å². The van der Waals surface area contributed by atoms with Crippen LogP contribution in [0.5, 0.6) is 0 Å². The molecule has 0 aromatic rings. The van der Waals surface area contributed by atoms with Gasteiger partial charge in [-0.2, -0.15) is 5.26 Å². The van der Waals surface area contributed by atoms with Gasteiger partial charge in [-0.25, -0.2) is 0 Å². The van der Waals surface area contributed by atoms with Crippen molar-refractivity contribution in [3.8, 4) is 6.07 Å². The predicted octanol–water partition coefficient (Wildman–Crippen LogP) is -0.446. The molecule has 90 valence electrons. The van der Waals surface area contributed by atoms with Gasteiger partial charge in [0.2, 0.25) is 17.7 Å². The van der Waals surface area contributed by atoms with E-state index in [4.69, 9.17) is 5.26 Å². The van der Waals surface area contributed by atoms with E-state index < -0.39 is 23.3 Å². The Morgan fingerprint density at radius 2 is 2.18 bits per heavy atom. The number of hydrogen-bond donors (Lipinski definition) is 1. The van der Waals surface area contributed by atoms with Crippen molar-refractivity contribution in [2.75, 3.05) is 6.54 Å². The number of carbonyl (C=O) groups is 3. The van der Waals surface area contributed by atoms with Gasteiger partial charge in [-0.3, -0.25) is 19.7 Å². The number of carbonyl (C=O) groups excluding carboxylic acids is 3. The third-order valence-electron chi connectivity index (χ3n) is 3.51. The van der Waals surface area contributed by atoms with Crippen molar-refractivity contribution < 1.29 is 14.4 Å². The molecule has 1 aliphatic carbocycles. The van der Waals surface area contributed by atoms with E-state index in [1.54, 1.807) is 6.92 Å². The lowest BCUT2D eigenvalue weighted by molar-refractivity contribution is -0.156. The zero-order chi connectivity index (χ0) is 12.6. The first-order valence-electron chi connectivity index (χ1n) is 5.56. The van der Waals surface area contributed by atoms with Crippen LogP contribution in [0.3, 0.4) is 0 Å². The van der Waals surface area contributed by atoms with Crippen molar-refractivity contribution in [3.05, 3.63) is 0 Å². The summed E-state index contributed by atoms with van der Waals surface area (Å²) < 4.78 is 0. The van der Waals surface area contributed by atoms with E-state index in [1.165, 1.54) is 4.90 Å². The highest BCUT2D eigenvalue weighted by atomic mass is 16.2. The summed E-state index contributed by atoms with van der Waals surface area (Å²) >= 11 is 0. The third-order valence-corrected chi connectivity index (χ3v) is 3.51. The number of imide groups is 1. The number of piperazine rings is 1. The maximum atomic E-state index is 12.2. The zero-order valence-corrected chi connectivity index (χ0v) is 9.52. The fourth-order valence-corrected chi connectivity index (χ4v) is 2.14. The molecule has 0 aromatic heterocycles. The van der Waals surface area contributed by atoms with Gasteiger partial charge in [-0.05, 0) is 26.2 Å². The first-order valence-corrected chi connectivity index (χ1v) is 5.56. The van der Waals surface area contributed by atoms with Crippen molar-refractivity contribution in [1.29, 1.82) is 5.26 Å². The number of rotatable bonds is 1. The van der Waals surface area contributed by atoms with Gasteiger partial charge in [0.15, 0.2) is 0 Å². The molecule has 2 aliphatic rings. The Morgan fingerprint density at radius 3 is 2.65 bits per heavy atom. The first kappa shape index (κ1) is 11.6. The Hall–Kier alpha value is -1.90. The van der Waals surface area contributed by atoms with Crippen LogP contribution in [0.15, 0.2) is 0 Å². The molecule has 2 rings (SSSR count). The van der Waals surface area contributed by atoms with Crippen LogP contribution in [0.4, 0.5) is 0 Å². The van der Waals surface area contributed by atoms with Gasteiger partial charge in [-0.15, -0.1) is 0 Å². The molecule has 1 atom stereocenters. The van der Waals surface area contributed by atoms with E-state index in [2.05, 4.69) is 5.32 Å². The summed E-state index contributed by atoms with van der Waals surface area (Å²) in [7, 11) is 0. The van der Waals surface area contributed by atoms with E-state index >= 15 is 0 Å². The highest BCUT2D eigenvalue weighted by Gasteiger charge is 2.49. The molecule has 6 heteroatoms. The molecule has 17 heavy (non-hydrogen) atoms. The SMILES string of the molecule is CC1C(=O)NC(=O)CN1C(=O)C1(C#N)CCC1. The topological polar surface area (TPSA) is 90.3 Å². The first-order chi connectivity index (χ1) is 8.00. The van der Waals surface area contributed by atoms with Gasteiger partial charge >= 0.3 is 0 Å². The minimum atomic E-state index is -1.01. The Kier molecular flexibility index (Phi) is 2.62. The maximum Gasteiger partial charge on any atom is 0.249 e. The zero-order valence-electron chi connectivity index (χ0n) is 9.52. The summed E-state index contributed by atoms with van der Waals surface area (Å²) in [5, 5.41) is 11.2. The van der Waals surface area contributed by atoms with Crippen LogP contribution in [0.1, 0.15) is 26.2 Å². The molecular weight excluding hydrogens is 222 g/mol. The number of amides is 3. The minimum absolute atomic E-state index is 0.144. The van der Waals surface area contributed by atoms with E-state index in [-0.39, 0.29) is 12.5 Å². The fourth-order valence-electron chi connectivity index (χ4n) is 2.14. The van der Waals surface area contributed by atoms with Gasteiger partial charge in [-0.1, -0.05) is 0 Å². The van der Waals surface area contributed by atoms with Crippen molar-refractivity contribution in [3.63, 3.8) is 0 Å². The standard InChI is InChI=1S/C11H13N3O3/c1-7-9(16)13-8(15)5-14(7)10(17)11(6-12)3-2-4-11/h7H,2-5H2,1H3,(H,13,15,16). The van der Waals surface area contributed by atoms with E-state index in [0.717, 1.165) is 6.42 Å². The molecule has 0 aromatic carbocycles. The lowest BCUT2D eigenvalue weighted by atomic mass is 9.68. The second-order valence-electron chi connectivity index (χ2n) is 4.57. The second-order valence-corrected chi connectivity index (χ2v) is 4.57. The van der Waals surface area contributed by atoms with Crippen molar-refractivity contribution in [1.82, 2.24) is 10.2 Å². The van der Waals surface area contributed by atoms with Crippen molar-refractivity contribution in [2.24, 2.45) is 5.41 Å². The molecule has 1 aliphatic heterocycles. The molecule has 0 radical (unpaired) electrons. The number of nitrogens with zero attached hydrogens (tertiary/aromatic N) is 2. The average Bonchev–Trinajstić information content (AvgIpc) is 2.22. The highest BCUT2D eigenvalue weighted by Crippen LogP contribution is 2.42. The Bertz CT molecular complexity index is 434. The maximum absolute atomic E-state index is 12.2. The molecule has 2 fully saturated rings. The smallest absolute Gasteiger partial charge is 0.249 e. The van der Waals surface area contributed by atoms with Crippen LogP contribution < -0.4 is 5.32 Å². The van der Waals surface area contributed by atoms with Gasteiger partial charge in [0.25, 0.3) is 0 Å². The number of nitriles is 1. The van der Waals surface area contributed by atoms with Gasteiger partial charge in [0.05, 0.1) is 6.07 Å². The molecule has 0 spiro atoms. The quantitative estimate of drug-likeness (QED) is 0.623.